The second-order valence-corrected chi connectivity index (χ2v) is 8.44. The van der Waals surface area contributed by atoms with Crippen LogP contribution in [-0.4, -0.2) is 48.0 Å². The van der Waals surface area contributed by atoms with Crippen LogP contribution in [0.15, 0.2) is 54.6 Å². The zero-order valence-corrected chi connectivity index (χ0v) is 17.7. The molecule has 0 bridgehead atoms. The van der Waals surface area contributed by atoms with Gasteiger partial charge in [0.15, 0.2) is 0 Å². The van der Waals surface area contributed by atoms with Gasteiger partial charge in [-0.25, -0.2) is 4.79 Å². The quantitative estimate of drug-likeness (QED) is 0.720. The van der Waals surface area contributed by atoms with Crippen LogP contribution in [-0.2, 0) is 11.2 Å². The molecule has 1 atom stereocenters. The fourth-order valence-electron chi connectivity index (χ4n) is 3.42. The lowest BCUT2D eigenvalue weighted by molar-refractivity contribution is -0.130. The van der Waals surface area contributed by atoms with Crippen molar-refractivity contribution in [2.24, 2.45) is 0 Å². The second-order valence-electron chi connectivity index (χ2n) is 7.22. The van der Waals surface area contributed by atoms with Crippen molar-refractivity contribution >= 4 is 29.4 Å². The van der Waals surface area contributed by atoms with Crippen LogP contribution in [0, 0.1) is 0 Å². The molecule has 154 valence electrons. The lowest BCUT2D eigenvalue weighted by Crippen LogP contribution is -2.38. The lowest BCUT2D eigenvalue weighted by atomic mass is 9.97. The molecule has 1 heterocycles. The zero-order chi connectivity index (χ0) is 20.5. The van der Waals surface area contributed by atoms with Crippen LogP contribution < -0.4 is 10.6 Å². The van der Waals surface area contributed by atoms with E-state index in [4.69, 9.17) is 0 Å². The molecule has 0 aromatic heterocycles. The molecule has 1 aliphatic rings. The summed E-state index contributed by atoms with van der Waals surface area (Å²) in [4.78, 5) is 26.5. The fourth-order valence-corrected chi connectivity index (χ4v) is 4.32. The topological polar surface area (TPSA) is 61.4 Å². The Hall–Kier alpha value is -2.47. The minimum absolute atomic E-state index is 0.176. The third kappa shape index (κ3) is 6.53. The maximum atomic E-state index is 12.4. The Morgan fingerprint density at radius 1 is 1.03 bits per heavy atom. The molecule has 2 aromatic carbocycles. The number of thioether (sulfide) groups is 1. The van der Waals surface area contributed by atoms with Gasteiger partial charge < -0.3 is 15.5 Å². The Bertz CT molecular complexity index is 790. The zero-order valence-electron chi connectivity index (χ0n) is 16.9. The molecule has 3 amide bonds. The molecule has 0 spiro atoms. The summed E-state index contributed by atoms with van der Waals surface area (Å²) in [7, 11) is 0. The van der Waals surface area contributed by atoms with Crippen molar-refractivity contribution in [1.29, 1.82) is 0 Å². The lowest BCUT2D eigenvalue weighted by Gasteiger charge is -2.26. The van der Waals surface area contributed by atoms with Gasteiger partial charge in [-0.2, -0.15) is 11.8 Å². The van der Waals surface area contributed by atoms with Crippen molar-refractivity contribution in [3.8, 4) is 0 Å². The van der Waals surface area contributed by atoms with Crippen molar-refractivity contribution < 1.29 is 9.59 Å². The Balaban J connectivity index is 1.46. The van der Waals surface area contributed by atoms with E-state index in [0.717, 1.165) is 42.3 Å². The Morgan fingerprint density at radius 3 is 2.38 bits per heavy atom. The number of rotatable bonds is 7. The number of hydrogen-bond acceptors (Lipinski definition) is 3. The summed E-state index contributed by atoms with van der Waals surface area (Å²) in [5.74, 6) is 2.51. The number of anilines is 1. The van der Waals surface area contributed by atoms with Crippen LogP contribution in [0.25, 0.3) is 0 Å². The molecule has 6 heteroatoms. The van der Waals surface area contributed by atoms with Crippen LogP contribution in [0.5, 0.6) is 0 Å². The first kappa shape index (κ1) is 21.2. The first-order valence-electron chi connectivity index (χ1n) is 10.2. The van der Waals surface area contributed by atoms with Crippen LogP contribution in [0.1, 0.15) is 30.4 Å². The van der Waals surface area contributed by atoms with Gasteiger partial charge in [-0.3, -0.25) is 4.79 Å². The molecule has 1 aliphatic heterocycles. The van der Waals surface area contributed by atoms with E-state index >= 15 is 0 Å². The highest BCUT2D eigenvalue weighted by Gasteiger charge is 2.17. The van der Waals surface area contributed by atoms with Crippen molar-refractivity contribution in [2.75, 3.05) is 36.5 Å². The molecule has 2 aromatic rings. The van der Waals surface area contributed by atoms with E-state index in [9.17, 15) is 9.59 Å². The van der Waals surface area contributed by atoms with Gasteiger partial charge >= 0.3 is 6.03 Å². The highest BCUT2D eigenvalue weighted by molar-refractivity contribution is 7.99. The van der Waals surface area contributed by atoms with E-state index < -0.39 is 0 Å². The summed E-state index contributed by atoms with van der Waals surface area (Å²) in [6.07, 6.45) is 1.37. The predicted octanol–water partition coefficient (Wildman–Crippen LogP) is 4.12. The third-order valence-electron chi connectivity index (χ3n) is 5.20. The second kappa shape index (κ2) is 10.9. The smallest absolute Gasteiger partial charge is 0.319 e. The van der Waals surface area contributed by atoms with Gasteiger partial charge in [-0.1, -0.05) is 49.4 Å². The molecule has 1 saturated heterocycles. The Labute approximate surface area is 177 Å². The number of benzene rings is 2. The van der Waals surface area contributed by atoms with E-state index in [1.807, 2.05) is 59.1 Å². The number of nitrogens with zero attached hydrogens (tertiary/aromatic N) is 1. The van der Waals surface area contributed by atoms with Crippen LogP contribution in [0.3, 0.4) is 0 Å². The maximum absolute atomic E-state index is 12.4. The van der Waals surface area contributed by atoms with Crippen molar-refractivity contribution in [1.82, 2.24) is 10.2 Å². The molecule has 0 aliphatic carbocycles. The number of urea groups is 1. The Kier molecular flexibility index (Phi) is 7.99. The molecular formula is C23H29N3O2S. The van der Waals surface area contributed by atoms with E-state index in [-0.39, 0.29) is 11.9 Å². The summed E-state index contributed by atoms with van der Waals surface area (Å²) >= 11 is 1.90. The van der Waals surface area contributed by atoms with E-state index in [1.165, 1.54) is 5.56 Å². The molecule has 0 radical (unpaired) electrons. The standard InChI is InChI=1S/C23H29N3O2S/c1-2-19(20-6-4-3-5-7-20)17-24-23(28)25-21-10-8-18(9-11-21)16-22(27)26-12-14-29-15-13-26/h3-11,19H,2,12-17H2,1H3,(H2,24,25,28). The van der Waals surface area contributed by atoms with Crippen LogP contribution in [0.4, 0.5) is 10.5 Å². The number of carbonyl (C=O) groups is 2. The first-order valence-corrected chi connectivity index (χ1v) is 11.4. The van der Waals surface area contributed by atoms with Crippen molar-refractivity contribution in [2.45, 2.75) is 25.7 Å². The molecule has 29 heavy (non-hydrogen) atoms. The number of hydrogen-bond donors (Lipinski definition) is 2. The minimum atomic E-state index is -0.214. The number of amides is 3. The molecule has 5 nitrogen and oxygen atoms in total. The largest absolute Gasteiger partial charge is 0.341 e. The highest BCUT2D eigenvalue weighted by atomic mass is 32.2. The predicted molar refractivity (Wildman–Crippen MR) is 121 cm³/mol. The molecule has 1 unspecified atom stereocenters. The summed E-state index contributed by atoms with van der Waals surface area (Å²) in [5.41, 5.74) is 2.92. The molecule has 2 N–H and O–H groups in total. The average Bonchev–Trinajstić information content (AvgIpc) is 2.77. The van der Waals surface area contributed by atoms with Gasteiger partial charge in [0.1, 0.15) is 0 Å². The fraction of sp³-hybridized carbons (Fsp3) is 0.391. The van der Waals surface area contributed by atoms with Gasteiger partial charge in [-0.05, 0) is 29.7 Å². The molecule has 3 rings (SSSR count). The maximum Gasteiger partial charge on any atom is 0.319 e. The summed E-state index contributed by atoms with van der Waals surface area (Å²) in [6.45, 7) is 4.39. The van der Waals surface area contributed by atoms with Crippen LogP contribution >= 0.6 is 11.8 Å². The molecular weight excluding hydrogens is 382 g/mol. The molecule has 0 saturated carbocycles. The SMILES string of the molecule is CCC(CNC(=O)Nc1ccc(CC(=O)N2CCSCC2)cc1)c1ccccc1. The monoisotopic (exact) mass is 411 g/mol. The highest BCUT2D eigenvalue weighted by Crippen LogP contribution is 2.18. The Morgan fingerprint density at radius 2 is 1.72 bits per heavy atom. The normalized spacial score (nSPS) is 14.9. The first-order chi connectivity index (χ1) is 14.2. The van der Waals surface area contributed by atoms with E-state index in [0.29, 0.717) is 18.9 Å². The van der Waals surface area contributed by atoms with Crippen molar-refractivity contribution in [3.05, 3.63) is 65.7 Å². The van der Waals surface area contributed by atoms with Gasteiger partial charge in [0, 0.05) is 42.7 Å². The van der Waals surface area contributed by atoms with Crippen molar-refractivity contribution in [3.63, 3.8) is 0 Å². The summed E-state index contributed by atoms with van der Waals surface area (Å²) in [6, 6.07) is 17.5. The van der Waals surface area contributed by atoms with Gasteiger partial charge in [0.05, 0.1) is 6.42 Å². The van der Waals surface area contributed by atoms with E-state index in [1.54, 1.807) is 0 Å². The minimum Gasteiger partial charge on any atom is -0.341 e. The number of nitrogens with one attached hydrogen (secondary N) is 2. The van der Waals surface area contributed by atoms with E-state index in [2.05, 4.69) is 29.7 Å². The summed E-state index contributed by atoms with van der Waals surface area (Å²) in [5, 5.41) is 5.83. The summed E-state index contributed by atoms with van der Waals surface area (Å²) < 4.78 is 0. The van der Waals surface area contributed by atoms with Gasteiger partial charge in [0.25, 0.3) is 0 Å². The van der Waals surface area contributed by atoms with Gasteiger partial charge in [-0.15, -0.1) is 0 Å². The molecule has 1 fully saturated rings. The van der Waals surface area contributed by atoms with Gasteiger partial charge in [0.2, 0.25) is 5.91 Å². The average molecular weight is 412 g/mol. The van der Waals surface area contributed by atoms with Crippen LogP contribution in [0.2, 0.25) is 0 Å². The number of carbonyl (C=O) groups excluding carboxylic acids is 2. The third-order valence-corrected chi connectivity index (χ3v) is 6.15.